The summed E-state index contributed by atoms with van der Waals surface area (Å²) in [6.07, 6.45) is 7.10. The molecule has 2 aliphatic rings. The van der Waals surface area contributed by atoms with Gasteiger partial charge in [-0.2, -0.15) is 5.10 Å². The van der Waals surface area contributed by atoms with Crippen molar-refractivity contribution in [2.24, 2.45) is 0 Å². The first-order chi connectivity index (χ1) is 13.1. The van der Waals surface area contributed by atoms with Gasteiger partial charge in [0, 0.05) is 63.1 Å². The fourth-order valence-electron chi connectivity index (χ4n) is 3.85. The van der Waals surface area contributed by atoms with E-state index in [0.29, 0.717) is 11.6 Å². The Bertz CT molecular complexity index is 791. The van der Waals surface area contributed by atoms with Gasteiger partial charge in [0.05, 0.1) is 5.69 Å². The van der Waals surface area contributed by atoms with E-state index in [2.05, 4.69) is 33.8 Å². The Balaban J connectivity index is 1.45. The maximum atomic E-state index is 12.6. The first-order valence-corrected chi connectivity index (χ1v) is 9.99. The van der Waals surface area contributed by atoms with Gasteiger partial charge in [-0.3, -0.25) is 14.4 Å². The largest absolute Gasteiger partial charge is 0.337 e. The molecular formula is C20H28N6O. The topological polar surface area (TPSA) is 67.2 Å². The highest BCUT2D eigenvalue weighted by molar-refractivity contribution is 5.92. The van der Waals surface area contributed by atoms with Gasteiger partial charge in [0.2, 0.25) is 0 Å². The number of rotatable bonds is 4. The van der Waals surface area contributed by atoms with Gasteiger partial charge < -0.3 is 4.90 Å². The zero-order valence-electron chi connectivity index (χ0n) is 16.3. The molecule has 7 nitrogen and oxygen atoms in total. The second-order valence-electron chi connectivity index (χ2n) is 7.91. The van der Waals surface area contributed by atoms with Crippen molar-refractivity contribution in [1.82, 2.24) is 29.5 Å². The van der Waals surface area contributed by atoms with Crippen molar-refractivity contribution in [3.8, 4) is 0 Å². The average Bonchev–Trinajstić information content (AvgIpc) is 3.29. The molecule has 0 aliphatic carbocycles. The Hall–Kier alpha value is -2.28. The molecule has 4 heterocycles. The Morgan fingerprint density at radius 1 is 1.07 bits per heavy atom. The molecule has 0 aromatic carbocycles. The summed E-state index contributed by atoms with van der Waals surface area (Å²) in [5.74, 6) is 1.31. The Labute approximate surface area is 160 Å². The Morgan fingerprint density at radius 2 is 1.81 bits per heavy atom. The van der Waals surface area contributed by atoms with Crippen LogP contribution in [0.2, 0.25) is 0 Å². The van der Waals surface area contributed by atoms with Crippen LogP contribution >= 0.6 is 0 Å². The van der Waals surface area contributed by atoms with E-state index >= 15 is 0 Å². The number of amides is 1. The van der Waals surface area contributed by atoms with Gasteiger partial charge in [-0.25, -0.2) is 9.97 Å². The van der Waals surface area contributed by atoms with E-state index < -0.39 is 0 Å². The molecule has 1 amide bonds. The molecule has 2 aliphatic heterocycles. The summed E-state index contributed by atoms with van der Waals surface area (Å²) in [6.45, 7) is 9.41. The van der Waals surface area contributed by atoms with Crippen LogP contribution in [0.25, 0.3) is 0 Å². The average molecular weight is 368 g/mol. The Kier molecular flexibility index (Phi) is 5.20. The number of fused-ring (bicyclic) bond motifs is 1. The van der Waals surface area contributed by atoms with Crippen LogP contribution < -0.4 is 0 Å². The minimum atomic E-state index is 0.0808. The number of carbonyl (C=O) groups excluding carboxylic acids is 1. The van der Waals surface area contributed by atoms with Gasteiger partial charge in [0.25, 0.3) is 5.91 Å². The van der Waals surface area contributed by atoms with Gasteiger partial charge in [0.1, 0.15) is 5.82 Å². The smallest absolute Gasteiger partial charge is 0.274 e. The van der Waals surface area contributed by atoms with Gasteiger partial charge >= 0.3 is 0 Å². The first-order valence-electron chi connectivity index (χ1n) is 9.99. The number of likely N-dealkylation sites (tertiary alicyclic amines) is 1. The molecule has 0 atom stereocenters. The van der Waals surface area contributed by atoms with E-state index in [4.69, 9.17) is 0 Å². The van der Waals surface area contributed by atoms with Crippen LogP contribution in [-0.4, -0.2) is 55.1 Å². The standard InChI is InChI=1S/C20H28N6O/c1-15(2)19-21-11-16(12-22-19)13-24-6-5-9-26-17(14-24)10-18(23-26)20(27)25-7-3-4-8-25/h10-12,15H,3-9,13-14H2,1-2H3. The highest BCUT2D eigenvalue weighted by atomic mass is 16.2. The van der Waals surface area contributed by atoms with Crippen molar-refractivity contribution in [2.45, 2.75) is 58.7 Å². The van der Waals surface area contributed by atoms with Crippen LogP contribution in [0.5, 0.6) is 0 Å². The molecule has 0 radical (unpaired) electrons. The Morgan fingerprint density at radius 3 is 2.52 bits per heavy atom. The second kappa shape index (κ2) is 7.76. The predicted molar refractivity (Wildman–Crippen MR) is 102 cm³/mol. The zero-order chi connectivity index (χ0) is 18.8. The monoisotopic (exact) mass is 368 g/mol. The molecule has 2 aromatic heterocycles. The van der Waals surface area contributed by atoms with Crippen molar-refractivity contribution in [2.75, 3.05) is 19.6 Å². The van der Waals surface area contributed by atoms with Gasteiger partial charge in [-0.1, -0.05) is 13.8 Å². The van der Waals surface area contributed by atoms with Crippen LogP contribution in [-0.2, 0) is 19.6 Å². The number of aromatic nitrogens is 4. The van der Waals surface area contributed by atoms with E-state index in [9.17, 15) is 4.79 Å². The minimum Gasteiger partial charge on any atom is -0.337 e. The van der Waals surface area contributed by atoms with E-state index in [1.54, 1.807) is 0 Å². The molecule has 0 saturated carbocycles. The highest BCUT2D eigenvalue weighted by Crippen LogP contribution is 2.19. The second-order valence-corrected chi connectivity index (χ2v) is 7.91. The van der Waals surface area contributed by atoms with E-state index in [0.717, 1.165) is 75.6 Å². The maximum Gasteiger partial charge on any atom is 0.274 e. The summed E-state index contributed by atoms with van der Waals surface area (Å²) < 4.78 is 2.02. The third kappa shape index (κ3) is 4.03. The molecule has 7 heteroatoms. The van der Waals surface area contributed by atoms with Crippen molar-refractivity contribution in [3.63, 3.8) is 0 Å². The third-order valence-electron chi connectivity index (χ3n) is 5.35. The summed E-state index contributed by atoms with van der Waals surface area (Å²) >= 11 is 0. The SMILES string of the molecule is CC(C)c1ncc(CN2CCCn3nc(C(=O)N4CCCC4)cc3C2)cn1. The number of hydrogen-bond donors (Lipinski definition) is 0. The molecule has 2 aromatic rings. The molecule has 4 rings (SSSR count). The molecular weight excluding hydrogens is 340 g/mol. The third-order valence-corrected chi connectivity index (χ3v) is 5.35. The summed E-state index contributed by atoms with van der Waals surface area (Å²) in [4.78, 5) is 25.9. The molecule has 144 valence electrons. The summed E-state index contributed by atoms with van der Waals surface area (Å²) in [5, 5.41) is 4.60. The molecule has 0 spiro atoms. The summed E-state index contributed by atoms with van der Waals surface area (Å²) in [7, 11) is 0. The van der Waals surface area contributed by atoms with Crippen LogP contribution in [0.1, 0.15) is 66.6 Å². The number of carbonyl (C=O) groups is 1. The molecule has 1 saturated heterocycles. The zero-order valence-corrected chi connectivity index (χ0v) is 16.3. The first kappa shape index (κ1) is 18.1. The lowest BCUT2D eigenvalue weighted by atomic mass is 10.2. The molecule has 0 N–H and O–H groups in total. The van der Waals surface area contributed by atoms with Crippen molar-refractivity contribution >= 4 is 5.91 Å². The highest BCUT2D eigenvalue weighted by Gasteiger charge is 2.24. The van der Waals surface area contributed by atoms with E-state index in [-0.39, 0.29) is 5.91 Å². The summed E-state index contributed by atoms with van der Waals surface area (Å²) in [5.41, 5.74) is 2.84. The molecule has 0 bridgehead atoms. The van der Waals surface area contributed by atoms with Crippen LogP contribution in [0.3, 0.4) is 0 Å². The molecule has 1 fully saturated rings. The lowest BCUT2D eigenvalue weighted by molar-refractivity contribution is 0.0786. The maximum absolute atomic E-state index is 12.6. The predicted octanol–water partition coefficient (Wildman–Crippen LogP) is 2.44. The van der Waals surface area contributed by atoms with E-state index in [1.165, 1.54) is 0 Å². The van der Waals surface area contributed by atoms with Crippen molar-refractivity contribution in [1.29, 1.82) is 0 Å². The lowest BCUT2D eigenvalue weighted by Gasteiger charge is -2.19. The normalized spacial score (nSPS) is 18.0. The van der Waals surface area contributed by atoms with Gasteiger partial charge in [0.15, 0.2) is 5.69 Å². The minimum absolute atomic E-state index is 0.0808. The molecule has 27 heavy (non-hydrogen) atoms. The van der Waals surface area contributed by atoms with E-state index in [1.807, 2.05) is 28.0 Å². The lowest BCUT2D eigenvalue weighted by Crippen LogP contribution is -2.28. The van der Waals surface area contributed by atoms with Crippen LogP contribution in [0.4, 0.5) is 0 Å². The summed E-state index contributed by atoms with van der Waals surface area (Å²) in [6, 6.07) is 1.98. The fraction of sp³-hybridized carbons (Fsp3) is 0.600. The quantitative estimate of drug-likeness (QED) is 0.829. The molecule has 0 unspecified atom stereocenters. The van der Waals surface area contributed by atoms with Gasteiger partial charge in [-0.15, -0.1) is 0 Å². The number of nitrogens with zero attached hydrogens (tertiary/aromatic N) is 6. The number of aryl methyl sites for hydroxylation is 1. The number of hydrogen-bond acceptors (Lipinski definition) is 5. The van der Waals surface area contributed by atoms with Crippen LogP contribution in [0, 0.1) is 0 Å². The fourth-order valence-corrected chi connectivity index (χ4v) is 3.85. The van der Waals surface area contributed by atoms with Crippen molar-refractivity contribution in [3.05, 3.63) is 41.2 Å². The van der Waals surface area contributed by atoms with Crippen LogP contribution in [0.15, 0.2) is 18.5 Å². The van der Waals surface area contributed by atoms with Crippen molar-refractivity contribution < 1.29 is 4.79 Å². The van der Waals surface area contributed by atoms with Gasteiger partial charge in [-0.05, 0) is 25.3 Å².